The van der Waals surface area contributed by atoms with Crippen molar-refractivity contribution in [2.75, 3.05) is 20.1 Å². The Morgan fingerprint density at radius 2 is 1.85 bits per heavy atom. The number of rotatable bonds is 7. The fraction of sp³-hybridized carbons (Fsp3) is 0.333. The minimum absolute atomic E-state index is 0.0557. The highest BCUT2D eigenvalue weighted by atomic mass is 35.5. The van der Waals surface area contributed by atoms with E-state index in [4.69, 9.17) is 11.6 Å². The third-order valence-corrected chi connectivity index (χ3v) is 6.36. The summed E-state index contributed by atoms with van der Waals surface area (Å²) in [5.41, 5.74) is 0.879. The lowest BCUT2D eigenvalue weighted by atomic mass is 10.2. The highest BCUT2D eigenvalue weighted by Gasteiger charge is 2.24. The van der Waals surface area contributed by atoms with Gasteiger partial charge in [-0.05, 0) is 30.3 Å². The number of hydrogen-bond acceptors (Lipinski definition) is 4. The third-order valence-electron chi connectivity index (χ3n) is 3.98. The van der Waals surface area contributed by atoms with Gasteiger partial charge in [0.1, 0.15) is 0 Å². The minimum Gasteiger partial charge on any atom is -0.336 e. The smallest absolute Gasteiger partial charge is 0.255 e. The largest absolute Gasteiger partial charge is 0.336 e. The van der Waals surface area contributed by atoms with E-state index < -0.39 is 10.0 Å². The van der Waals surface area contributed by atoms with Gasteiger partial charge in [-0.15, -0.1) is 0 Å². The van der Waals surface area contributed by atoms with E-state index in [0.717, 1.165) is 5.69 Å². The number of carbonyl (C=O) groups excluding carboxylic acids is 1. The second-order valence-corrected chi connectivity index (χ2v) is 8.06. The molecule has 140 valence electrons. The van der Waals surface area contributed by atoms with Gasteiger partial charge in [-0.1, -0.05) is 31.5 Å². The molecule has 8 heteroatoms. The molecule has 0 aliphatic carbocycles. The number of nitrogens with zero attached hydrogens (tertiary/aromatic N) is 3. The summed E-state index contributed by atoms with van der Waals surface area (Å²) in [5, 5.41) is 0.210. The number of halogens is 1. The fourth-order valence-electron chi connectivity index (χ4n) is 2.55. The normalized spacial score (nSPS) is 11.6. The maximum atomic E-state index is 12.8. The molecule has 0 fully saturated rings. The standard InChI is InChI=1S/C18H22ClN3O3S/c1-4-22(5-2)26(24,25)15-9-10-17(19)16(12-15)18(23)21(3)13-14-8-6-7-11-20-14/h6-12H,4-5,13H2,1-3H3. The number of carbonyl (C=O) groups is 1. The number of amides is 1. The maximum absolute atomic E-state index is 12.8. The Kier molecular flexibility index (Phi) is 6.75. The number of benzene rings is 1. The molecule has 26 heavy (non-hydrogen) atoms. The number of pyridine rings is 1. The Morgan fingerprint density at radius 3 is 2.42 bits per heavy atom. The molecule has 1 aromatic carbocycles. The second-order valence-electron chi connectivity index (χ2n) is 5.71. The van der Waals surface area contributed by atoms with Crippen molar-refractivity contribution in [3.63, 3.8) is 0 Å². The predicted molar refractivity (Wildman–Crippen MR) is 102 cm³/mol. The Hall–Kier alpha value is -1.96. The van der Waals surface area contributed by atoms with Gasteiger partial charge in [0, 0.05) is 26.3 Å². The van der Waals surface area contributed by atoms with E-state index in [1.807, 2.05) is 12.1 Å². The highest BCUT2D eigenvalue weighted by Crippen LogP contribution is 2.24. The lowest BCUT2D eigenvalue weighted by Crippen LogP contribution is -2.31. The van der Waals surface area contributed by atoms with Crippen LogP contribution in [0.1, 0.15) is 29.9 Å². The number of hydrogen-bond donors (Lipinski definition) is 0. The number of aromatic nitrogens is 1. The Labute approximate surface area is 159 Å². The molecule has 6 nitrogen and oxygen atoms in total. The van der Waals surface area contributed by atoms with Crippen LogP contribution in [-0.4, -0.2) is 48.7 Å². The van der Waals surface area contributed by atoms with Crippen LogP contribution in [0, 0.1) is 0 Å². The predicted octanol–water partition coefficient (Wildman–Crippen LogP) is 3.04. The first-order valence-electron chi connectivity index (χ1n) is 8.26. The lowest BCUT2D eigenvalue weighted by molar-refractivity contribution is 0.0783. The summed E-state index contributed by atoms with van der Waals surface area (Å²) < 4.78 is 26.7. The third kappa shape index (κ3) is 4.41. The van der Waals surface area contributed by atoms with Crippen molar-refractivity contribution < 1.29 is 13.2 Å². The molecule has 0 spiro atoms. The van der Waals surface area contributed by atoms with Crippen molar-refractivity contribution in [3.8, 4) is 0 Å². The molecule has 1 aromatic heterocycles. The summed E-state index contributed by atoms with van der Waals surface area (Å²) in [6.07, 6.45) is 1.65. The zero-order valence-corrected chi connectivity index (χ0v) is 16.6. The van der Waals surface area contributed by atoms with E-state index in [2.05, 4.69) is 4.98 Å². The van der Waals surface area contributed by atoms with Gasteiger partial charge in [0.2, 0.25) is 10.0 Å². The molecule has 2 aromatic rings. The van der Waals surface area contributed by atoms with Gasteiger partial charge >= 0.3 is 0 Å². The molecular formula is C18H22ClN3O3S. The van der Waals surface area contributed by atoms with Crippen LogP contribution in [-0.2, 0) is 16.6 Å². The van der Waals surface area contributed by atoms with Gasteiger partial charge < -0.3 is 4.90 Å². The Balaban J connectivity index is 2.33. The monoisotopic (exact) mass is 395 g/mol. The minimum atomic E-state index is -3.67. The van der Waals surface area contributed by atoms with Crippen LogP contribution in [0.25, 0.3) is 0 Å². The van der Waals surface area contributed by atoms with Crippen molar-refractivity contribution in [2.24, 2.45) is 0 Å². The molecule has 0 N–H and O–H groups in total. The second kappa shape index (κ2) is 8.62. The van der Waals surface area contributed by atoms with E-state index in [0.29, 0.717) is 19.6 Å². The summed E-state index contributed by atoms with van der Waals surface area (Å²) in [4.78, 5) is 18.5. The van der Waals surface area contributed by atoms with Crippen molar-refractivity contribution in [1.29, 1.82) is 0 Å². The molecular weight excluding hydrogens is 374 g/mol. The van der Waals surface area contributed by atoms with E-state index in [9.17, 15) is 13.2 Å². The van der Waals surface area contributed by atoms with Crippen molar-refractivity contribution >= 4 is 27.5 Å². The van der Waals surface area contributed by atoms with Crippen LogP contribution >= 0.6 is 11.6 Å². The van der Waals surface area contributed by atoms with Crippen LogP contribution < -0.4 is 0 Å². The van der Waals surface area contributed by atoms with E-state index in [1.165, 1.54) is 27.4 Å². The summed E-state index contributed by atoms with van der Waals surface area (Å²) in [7, 11) is -2.04. The first-order chi connectivity index (χ1) is 12.3. The van der Waals surface area contributed by atoms with Crippen molar-refractivity contribution in [2.45, 2.75) is 25.3 Å². The van der Waals surface area contributed by atoms with E-state index >= 15 is 0 Å². The summed E-state index contributed by atoms with van der Waals surface area (Å²) in [6, 6.07) is 9.65. The van der Waals surface area contributed by atoms with Crippen LogP contribution in [0.4, 0.5) is 0 Å². The van der Waals surface area contributed by atoms with Gasteiger partial charge in [0.05, 0.1) is 27.7 Å². The Morgan fingerprint density at radius 1 is 1.15 bits per heavy atom. The molecule has 0 unspecified atom stereocenters. The molecule has 0 aliphatic rings. The van der Waals surface area contributed by atoms with Crippen LogP contribution in [0.3, 0.4) is 0 Å². The van der Waals surface area contributed by atoms with Gasteiger partial charge in [0.15, 0.2) is 0 Å². The highest BCUT2D eigenvalue weighted by molar-refractivity contribution is 7.89. The number of sulfonamides is 1. The molecule has 1 amide bonds. The van der Waals surface area contributed by atoms with Gasteiger partial charge in [-0.25, -0.2) is 8.42 Å². The molecule has 2 rings (SSSR count). The topological polar surface area (TPSA) is 70.6 Å². The van der Waals surface area contributed by atoms with E-state index in [1.54, 1.807) is 33.2 Å². The Bertz CT molecular complexity index is 869. The van der Waals surface area contributed by atoms with Crippen LogP contribution in [0.5, 0.6) is 0 Å². The quantitative estimate of drug-likeness (QED) is 0.722. The van der Waals surface area contributed by atoms with Crippen molar-refractivity contribution in [3.05, 3.63) is 58.9 Å². The molecule has 0 saturated heterocycles. The fourth-order valence-corrected chi connectivity index (χ4v) is 4.24. The van der Waals surface area contributed by atoms with Gasteiger partial charge in [-0.3, -0.25) is 9.78 Å². The molecule has 0 radical (unpaired) electrons. The molecule has 1 heterocycles. The maximum Gasteiger partial charge on any atom is 0.255 e. The summed E-state index contributed by atoms with van der Waals surface area (Å²) in [5.74, 6) is -0.364. The summed E-state index contributed by atoms with van der Waals surface area (Å²) >= 11 is 6.16. The summed E-state index contributed by atoms with van der Waals surface area (Å²) in [6.45, 7) is 4.53. The van der Waals surface area contributed by atoms with Gasteiger partial charge in [-0.2, -0.15) is 4.31 Å². The van der Waals surface area contributed by atoms with Gasteiger partial charge in [0.25, 0.3) is 5.91 Å². The SMILES string of the molecule is CCN(CC)S(=O)(=O)c1ccc(Cl)c(C(=O)N(C)Cc2ccccn2)c1. The van der Waals surface area contributed by atoms with Crippen LogP contribution in [0.15, 0.2) is 47.5 Å². The van der Waals surface area contributed by atoms with Crippen molar-refractivity contribution in [1.82, 2.24) is 14.2 Å². The van der Waals surface area contributed by atoms with E-state index in [-0.39, 0.29) is 21.4 Å². The molecule has 0 bridgehead atoms. The molecule has 0 saturated carbocycles. The average Bonchev–Trinajstić information content (AvgIpc) is 2.63. The lowest BCUT2D eigenvalue weighted by Gasteiger charge is -2.20. The zero-order chi connectivity index (χ0) is 19.3. The molecule has 0 atom stereocenters. The average molecular weight is 396 g/mol. The molecule has 0 aliphatic heterocycles. The zero-order valence-electron chi connectivity index (χ0n) is 15.0. The first-order valence-corrected chi connectivity index (χ1v) is 10.1. The first kappa shape index (κ1) is 20.4. The van der Waals surface area contributed by atoms with Crippen LogP contribution in [0.2, 0.25) is 5.02 Å².